The molecule has 7 rings (SSSR count). The van der Waals surface area contributed by atoms with Crippen molar-refractivity contribution in [3.05, 3.63) is 141 Å². The molecule has 1 aromatic heterocycles. The van der Waals surface area contributed by atoms with Crippen molar-refractivity contribution in [2.75, 3.05) is 12.4 Å². The fraction of sp³-hybridized carbons (Fsp3) is 0.190. The highest BCUT2D eigenvalue weighted by Crippen LogP contribution is 2.40. The molecule has 0 saturated carbocycles. The lowest BCUT2D eigenvalue weighted by atomic mass is 9.92. The Kier molecular flexibility index (Phi) is 11.3. The van der Waals surface area contributed by atoms with Crippen LogP contribution >= 0.6 is 23.2 Å². The zero-order chi connectivity index (χ0) is 40.2. The maximum atomic E-state index is 13.8. The molecule has 5 aromatic rings. The topological polar surface area (TPSA) is 180 Å². The number of nitrogens with zero attached hydrogens (tertiary/aromatic N) is 3. The molecule has 288 valence electrons. The molecule has 0 radical (unpaired) electrons. The van der Waals surface area contributed by atoms with Crippen LogP contribution in [0.1, 0.15) is 39.5 Å². The Bertz CT molecular complexity index is 2400. The first-order chi connectivity index (χ1) is 27.5. The second kappa shape index (κ2) is 16.6. The average molecular weight is 807 g/mol. The first kappa shape index (κ1) is 38.6. The number of halogens is 2. The van der Waals surface area contributed by atoms with Crippen LogP contribution in [-0.4, -0.2) is 58.1 Å². The minimum atomic E-state index is -1.32. The van der Waals surface area contributed by atoms with Crippen molar-refractivity contribution in [2.45, 2.75) is 44.2 Å². The maximum Gasteiger partial charge on any atom is 0.408 e. The van der Waals surface area contributed by atoms with Crippen LogP contribution in [0.15, 0.2) is 97.2 Å². The first-order valence-corrected chi connectivity index (χ1v) is 18.4. The van der Waals surface area contributed by atoms with Crippen LogP contribution in [0.2, 0.25) is 10.2 Å². The van der Waals surface area contributed by atoms with Gasteiger partial charge in [-0.2, -0.15) is 5.26 Å². The summed E-state index contributed by atoms with van der Waals surface area (Å²) < 4.78 is 17.0. The van der Waals surface area contributed by atoms with Gasteiger partial charge < -0.3 is 30.0 Å². The van der Waals surface area contributed by atoms with Gasteiger partial charge in [-0.15, -0.1) is 0 Å². The molecular weight excluding hydrogens is 773 g/mol. The number of hydrogen-bond donors (Lipinski definition) is 3. The van der Waals surface area contributed by atoms with Crippen LogP contribution in [0, 0.1) is 11.3 Å². The second-order valence-corrected chi connectivity index (χ2v) is 14.1. The van der Waals surface area contributed by atoms with E-state index in [2.05, 4.69) is 21.7 Å². The number of anilines is 1. The SMILES string of the molecule is COC(=O)[C@H](Cc1ccc(-c2ccc(C#N)cc2)cc1)NC(=O)C1Cc2cc3c(cc2CN1C(=O)O)O[C@@H](c1ccc(OCc2cnc(Cl)c(Cl)c2)cc1)C(=O)N3. The van der Waals surface area contributed by atoms with Gasteiger partial charge in [0, 0.05) is 30.2 Å². The minimum absolute atomic E-state index is 0.0209. The molecular formula is C42H33Cl2N5O8. The molecule has 0 saturated heterocycles. The Hall–Kier alpha value is -6.62. The molecule has 3 amide bonds. The Balaban J connectivity index is 1.03. The largest absolute Gasteiger partial charge is 0.489 e. The maximum absolute atomic E-state index is 13.8. The van der Waals surface area contributed by atoms with Gasteiger partial charge >= 0.3 is 12.1 Å². The Morgan fingerprint density at radius 2 is 1.70 bits per heavy atom. The summed E-state index contributed by atoms with van der Waals surface area (Å²) in [6.45, 7) is 0.0548. The van der Waals surface area contributed by atoms with Crippen LogP contribution in [0.5, 0.6) is 11.5 Å². The van der Waals surface area contributed by atoms with Crippen molar-refractivity contribution >= 4 is 52.8 Å². The van der Waals surface area contributed by atoms with Gasteiger partial charge in [0.05, 0.1) is 36.0 Å². The number of nitrogens with one attached hydrogen (secondary N) is 2. The predicted molar refractivity (Wildman–Crippen MR) is 209 cm³/mol. The van der Waals surface area contributed by atoms with Gasteiger partial charge in [-0.3, -0.25) is 14.5 Å². The van der Waals surface area contributed by atoms with Crippen molar-refractivity contribution in [1.29, 1.82) is 5.26 Å². The first-order valence-electron chi connectivity index (χ1n) is 17.6. The highest BCUT2D eigenvalue weighted by atomic mass is 35.5. The fourth-order valence-electron chi connectivity index (χ4n) is 6.70. The van der Waals surface area contributed by atoms with Gasteiger partial charge in [0.25, 0.3) is 5.91 Å². The van der Waals surface area contributed by atoms with Crippen LogP contribution in [0.3, 0.4) is 0 Å². The van der Waals surface area contributed by atoms with Crippen molar-refractivity contribution in [2.24, 2.45) is 0 Å². The third-order valence-electron chi connectivity index (χ3n) is 9.71. The normalized spacial score (nSPS) is 16.1. The Morgan fingerprint density at radius 3 is 2.35 bits per heavy atom. The summed E-state index contributed by atoms with van der Waals surface area (Å²) in [6.07, 6.45) is -0.687. The van der Waals surface area contributed by atoms with E-state index >= 15 is 0 Å². The number of ether oxygens (including phenoxy) is 3. The molecule has 4 aromatic carbocycles. The molecule has 13 nitrogen and oxygen atoms in total. The molecule has 3 heterocycles. The van der Waals surface area contributed by atoms with E-state index in [-0.39, 0.29) is 31.1 Å². The number of benzene rings is 4. The molecule has 0 spiro atoms. The molecule has 3 N–H and O–H groups in total. The third kappa shape index (κ3) is 8.62. The summed E-state index contributed by atoms with van der Waals surface area (Å²) in [7, 11) is 1.21. The quantitative estimate of drug-likeness (QED) is 0.0995. The standard InChI is InChI=1S/C42H33Cl2N5O8/c1-55-41(52)34(15-23-2-6-26(7-3-23)27-8-4-24(19-45)5-9-27)48-39(50)35-17-29-16-33-36(18-30(29)21-49(35)42(53)54)57-37(40(51)47-33)28-10-12-31(13-11-28)56-22-25-14-32(43)38(44)46-20-25/h2-14,16,18,20,34-35,37H,15,17,21-22H2,1H3,(H,47,51)(H,48,50)(H,53,54)/t34-,35?,37-/m0/s1. The van der Waals surface area contributed by atoms with E-state index in [0.717, 1.165) is 27.2 Å². The highest BCUT2D eigenvalue weighted by molar-refractivity contribution is 6.41. The van der Waals surface area contributed by atoms with Crippen molar-refractivity contribution in [1.82, 2.24) is 15.2 Å². The van der Waals surface area contributed by atoms with Gasteiger partial charge in [0.1, 0.15) is 35.3 Å². The van der Waals surface area contributed by atoms with Crippen LogP contribution in [0.25, 0.3) is 11.1 Å². The minimum Gasteiger partial charge on any atom is -0.489 e. The van der Waals surface area contributed by atoms with Crippen molar-refractivity contribution in [3.8, 4) is 28.7 Å². The predicted octanol–water partition coefficient (Wildman–Crippen LogP) is 6.88. The third-order valence-corrected chi connectivity index (χ3v) is 10.4. The number of hydrogen-bond acceptors (Lipinski definition) is 9. The summed E-state index contributed by atoms with van der Waals surface area (Å²) in [5.74, 6) is -0.900. The van der Waals surface area contributed by atoms with E-state index in [4.69, 9.17) is 42.7 Å². The molecule has 15 heteroatoms. The van der Waals surface area contributed by atoms with Crippen molar-refractivity contribution < 1.29 is 38.5 Å². The summed E-state index contributed by atoms with van der Waals surface area (Å²) in [5, 5.41) is 25.4. The van der Waals surface area contributed by atoms with E-state index in [9.17, 15) is 24.3 Å². The average Bonchev–Trinajstić information content (AvgIpc) is 3.22. The summed E-state index contributed by atoms with van der Waals surface area (Å²) in [6, 6.07) is 26.2. The highest BCUT2D eigenvalue weighted by Gasteiger charge is 2.38. The number of esters is 1. The monoisotopic (exact) mass is 805 g/mol. The number of rotatable bonds is 10. The fourth-order valence-corrected chi connectivity index (χ4v) is 6.99. The van der Waals surface area contributed by atoms with Gasteiger partial charge in [-0.05, 0) is 70.3 Å². The number of fused-ring (bicyclic) bond motifs is 2. The number of carboxylic acid groups (broad SMARTS) is 1. The molecule has 3 atom stereocenters. The number of nitriles is 1. The van der Waals surface area contributed by atoms with E-state index in [1.165, 1.54) is 7.11 Å². The zero-order valence-electron chi connectivity index (χ0n) is 30.2. The Labute approximate surface area is 336 Å². The van der Waals surface area contributed by atoms with E-state index in [1.54, 1.807) is 60.8 Å². The van der Waals surface area contributed by atoms with Gasteiger partial charge in [0.2, 0.25) is 12.0 Å². The van der Waals surface area contributed by atoms with Crippen LogP contribution in [0.4, 0.5) is 10.5 Å². The van der Waals surface area contributed by atoms with Crippen LogP contribution in [-0.2, 0) is 45.1 Å². The summed E-state index contributed by atoms with van der Waals surface area (Å²) in [5.41, 5.74) is 5.99. The Morgan fingerprint density at radius 1 is 1.00 bits per heavy atom. The lowest BCUT2D eigenvalue weighted by molar-refractivity contribution is -0.145. The smallest absolute Gasteiger partial charge is 0.408 e. The molecule has 57 heavy (non-hydrogen) atoms. The summed E-state index contributed by atoms with van der Waals surface area (Å²) in [4.78, 5) is 57.4. The molecule has 2 aliphatic heterocycles. The number of methoxy groups -OCH3 is 1. The van der Waals surface area contributed by atoms with E-state index in [0.29, 0.717) is 44.5 Å². The molecule has 0 fully saturated rings. The van der Waals surface area contributed by atoms with E-state index < -0.39 is 42.1 Å². The number of pyridine rings is 1. The number of carbonyl (C=O) groups is 4. The number of carbonyl (C=O) groups excluding carboxylic acids is 3. The van der Waals surface area contributed by atoms with Gasteiger partial charge in [-0.1, -0.05) is 71.7 Å². The zero-order valence-corrected chi connectivity index (χ0v) is 31.7. The molecule has 1 unspecified atom stereocenters. The number of aromatic nitrogens is 1. The van der Waals surface area contributed by atoms with Gasteiger partial charge in [-0.25, -0.2) is 14.6 Å². The van der Waals surface area contributed by atoms with Crippen LogP contribution < -0.4 is 20.1 Å². The lowest BCUT2D eigenvalue weighted by Gasteiger charge is -2.36. The van der Waals surface area contributed by atoms with E-state index in [1.807, 2.05) is 36.4 Å². The molecule has 2 aliphatic rings. The van der Waals surface area contributed by atoms with Crippen molar-refractivity contribution in [3.63, 3.8) is 0 Å². The lowest BCUT2D eigenvalue weighted by Crippen LogP contribution is -2.55. The molecule has 0 aliphatic carbocycles. The van der Waals surface area contributed by atoms with Gasteiger partial charge in [0.15, 0.2) is 0 Å². The number of amides is 3. The second-order valence-electron chi connectivity index (χ2n) is 13.4. The molecule has 0 bridgehead atoms. The summed E-state index contributed by atoms with van der Waals surface area (Å²) >= 11 is 11.9.